The van der Waals surface area contributed by atoms with Crippen molar-refractivity contribution in [3.05, 3.63) is 29.8 Å². The summed E-state index contributed by atoms with van der Waals surface area (Å²) >= 11 is 1.99. The number of para-hydroxylation sites is 1. The van der Waals surface area contributed by atoms with Crippen molar-refractivity contribution in [1.29, 1.82) is 0 Å². The molecule has 0 spiro atoms. The Morgan fingerprint density at radius 3 is 2.79 bits per heavy atom. The van der Waals surface area contributed by atoms with Gasteiger partial charge in [0.15, 0.2) is 5.96 Å². The lowest BCUT2D eigenvalue weighted by atomic mass is 9.95. The van der Waals surface area contributed by atoms with E-state index < -0.39 is 6.61 Å². The second-order valence-electron chi connectivity index (χ2n) is 7.16. The molecule has 0 radical (unpaired) electrons. The second kappa shape index (κ2) is 11.0. The zero-order valence-corrected chi connectivity index (χ0v) is 17.6. The van der Waals surface area contributed by atoms with Crippen LogP contribution in [0.1, 0.15) is 18.9 Å². The zero-order chi connectivity index (χ0) is 20.5. The summed E-state index contributed by atoms with van der Waals surface area (Å²) in [5, 5.41) is 6.74. The van der Waals surface area contributed by atoms with E-state index in [1.807, 2.05) is 18.7 Å². The third-order valence-electron chi connectivity index (χ3n) is 5.29. The Kier molecular flexibility index (Phi) is 8.38. The molecule has 0 saturated carbocycles. The summed E-state index contributed by atoms with van der Waals surface area (Å²) in [6, 6.07) is 6.78. The van der Waals surface area contributed by atoms with Gasteiger partial charge in [-0.25, -0.2) is 4.99 Å². The first kappa shape index (κ1) is 22.1. The van der Waals surface area contributed by atoms with Gasteiger partial charge < -0.3 is 20.1 Å². The summed E-state index contributed by atoms with van der Waals surface area (Å²) in [4.78, 5) is 7.15. The molecule has 9 heteroatoms. The molecule has 1 aromatic rings. The van der Waals surface area contributed by atoms with Crippen molar-refractivity contribution in [3.8, 4) is 5.75 Å². The van der Waals surface area contributed by atoms with Crippen molar-refractivity contribution in [3.63, 3.8) is 0 Å². The van der Waals surface area contributed by atoms with E-state index >= 15 is 0 Å². The monoisotopic (exact) mass is 428 g/mol. The number of thioether (sulfide) groups is 1. The van der Waals surface area contributed by atoms with Gasteiger partial charge in [0.2, 0.25) is 0 Å². The van der Waals surface area contributed by atoms with Crippen LogP contribution in [-0.2, 0) is 11.3 Å². The van der Waals surface area contributed by atoms with Gasteiger partial charge in [0.25, 0.3) is 0 Å². The summed E-state index contributed by atoms with van der Waals surface area (Å²) in [5.74, 6) is 3.10. The smallest absolute Gasteiger partial charge is 0.387 e. The Bertz CT molecular complexity index is 666. The van der Waals surface area contributed by atoms with Gasteiger partial charge in [-0.2, -0.15) is 20.5 Å². The van der Waals surface area contributed by atoms with E-state index in [2.05, 4.69) is 25.3 Å². The average molecular weight is 429 g/mol. The lowest BCUT2D eigenvalue weighted by molar-refractivity contribution is -0.0504. The number of aliphatic imine (C=N–C) groups is 1. The molecule has 2 aliphatic rings. The van der Waals surface area contributed by atoms with E-state index in [-0.39, 0.29) is 17.8 Å². The van der Waals surface area contributed by atoms with E-state index in [0.717, 1.165) is 57.3 Å². The van der Waals surface area contributed by atoms with Crippen molar-refractivity contribution in [2.45, 2.75) is 32.0 Å². The minimum atomic E-state index is -2.85. The molecule has 2 heterocycles. The largest absolute Gasteiger partial charge is 0.434 e. The van der Waals surface area contributed by atoms with Gasteiger partial charge in [0.05, 0.1) is 19.8 Å². The molecule has 0 aliphatic carbocycles. The fourth-order valence-electron chi connectivity index (χ4n) is 3.73. The standard InChI is InChI=1S/C20H30F2N4O2S/c1-2-23-19(24-13-16-5-3-4-6-17(16)28-18(21)22)25-14-20(7-12-29-15-20)26-8-10-27-11-9-26/h3-6,18H,2,7-15H2,1H3,(H2,23,24,25). The molecule has 2 aliphatic heterocycles. The number of rotatable bonds is 8. The number of guanidine groups is 1. The van der Waals surface area contributed by atoms with Crippen molar-refractivity contribution in [2.24, 2.45) is 4.99 Å². The first-order chi connectivity index (χ1) is 14.1. The minimum Gasteiger partial charge on any atom is -0.434 e. The number of nitrogens with zero attached hydrogens (tertiary/aromatic N) is 2. The Labute approximate surface area is 175 Å². The highest BCUT2D eigenvalue weighted by Crippen LogP contribution is 2.33. The summed E-state index contributed by atoms with van der Waals surface area (Å²) in [6.45, 7) is 4.40. The van der Waals surface area contributed by atoms with E-state index in [0.29, 0.717) is 11.5 Å². The predicted octanol–water partition coefficient (Wildman–Crippen LogP) is 2.55. The second-order valence-corrected chi connectivity index (χ2v) is 8.27. The van der Waals surface area contributed by atoms with Crippen LogP contribution in [0.2, 0.25) is 0 Å². The van der Waals surface area contributed by atoms with Crippen LogP contribution >= 0.6 is 11.8 Å². The van der Waals surface area contributed by atoms with Gasteiger partial charge in [-0.1, -0.05) is 18.2 Å². The molecule has 2 N–H and O–H groups in total. The Morgan fingerprint density at radius 1 is 1.31 bits per heavy atom. The molecule has 1 unspecified atom stereocenters. The van der Waals surface area contributed by atoms with Crippen molar-refractivity contribution >= 4 is 17.7 Å². The maximum atomic E-state index is 12.6. The van der Waals surface area contributed by atoms with Gasteiger partial charge in [-0.05, 0) is 25.2 Å². The van der Waals surface area contributed by atoms with Crippen LogP contribution in [0.3, 0.4) is 0 Å². The van der Waals surface area contributed by atoms with E-state index in [9.17, 15) is 8.78 Å². The van der Waals surface area contributed by atoms with Gasteiger partial charge in [-0.3, -0.25) is 4.90 Å². The third kappa shape index (κ3) is 6.20. The number of ether oxygens (including phenoxy) is 2. The Morgan fingerprint density at radius 2 is 2.10 bits per heavy atom. The van der Waals surface area contributed by atoms with Gasteiger partial charge in [0.1, 0.15) is 5.75 Å². The van der Waals surface area contributed by atoms with Crippen LogP contribution in [0.25, 0.3) is 0 Å². The predicted molar refractivity (Wildman–Crippen MR) is 113 cm³/mol. The number of benzene rings is 1. The van der Waals surface area contributed by atoms with Crippen LogP contribution in [0.15, 0.2) is 29.3 Å². The van der Waals surface area contributed by atoms with E-state index in [1.165, 1.54) is 0 Å². The molecule has 2 fully saturated rings. The van der Waals surface area contributed by atoms with Crippen molar-refractivity contribution in [1.82, 2.24) is 15.5 Å². The topological polar surface area (TPSA) is 58.1 Å². The SMILES string of the molecule is CCNC(=NCc1ccccc1OC(F)F)NCC1(N2CCOCC2)CCSC1. The Balaban J connectivity index is 1.66. The van der Waals surface area contributed by atoms with E-state index in [1.54, 1.807) is 24.3 Å². The van der Waals surface area contributed by atoms with Crippen LogP contribution in [0.5, 0.6) is 5.75 Å². The van der Waals surface area contributed by atoms with Crippen molar-refractivity contribution < 1.29 is 18.3 Å². The van der Waals surface area contributed by atoms with Crippen LogP contribution in [0, 0.1) is 0 Å². The Hall–Kier alpha value is -1.58. The first-order valence-electron chi connectivity index (χ1n) is 10.1. The molecule has 1 atom stereocenters. The molecule has 162 valence electrons. The molecular formula is C20H30F2N4O2S. The summed E-state index contributed by atoms with van der Waals surface area (Å²) in [6.07, 6.45) is 1.13. The van der Waals surface area contributed by atoms with Gasteiger partial charge >= 0.3 is 6.61 Å². The van der Waals surface area contributed by atoms with Crippen LogP contribution in [0.4, 0.5) is 8.78 Å². The molecule has 6 nitrogen and oxygen atoms in total. The summed E-state index contributed by atoms with van der Waals surface area (Å²) in [5.41, 5.74) is 0.728. The number of hydrogen-bond acceptors (Lipinski definition) is 5. The molecule has 1 aromatic carbocycles. The van der Waals surface area contributed by atoms with Crippen molar-refractivity contribution in [2.75, 3.05) is 50.9 Å². The van der Waals surface area contributed by atoms with Gasteiger partial charge in [-0.15, -0.1) is 0 Å². The first-order valence-corrected chi connectivity index (χ1v) is 11.2. The zero-order valence-electron chi connectivity index (χ0n) is 16.8. The van der Waals surface area contributed by atoms with Crippen LogP contribution in [-0.4, -0.2) is 73.9 Å². The minimum absolute atomic E-state index is 0.0985. The lowest BCUT2D eigenvalue weighted by Gasteiger charge is -2.43. The molecule has 0 bridgehead atoms. The lowest BCUT2D eigenvalue weighted by Crippen LogP contribution is -2.60. The number of hydrogen-bond donors (Lipinski definition) is 2. The molecule has 3 rings (SSSR count). The number of nitrogens with one attached hydrogen (secondary N) is 2. The quantitative estimate of drug-likeness (QED) is 0.490. The molecule has 0 amide bonds. The third-order valence-corrected chi connectivity index (χ3v) is 6.52. The number of alkyl halides is 2. The molecular weight excluding hydrogens is 398 g/mol. The maximum Gasteiger partial charge on any atom is 0.387 e. The highest BCUT2D eigenvalue weighted by Gasteiger charge is 2.40. The molecule has 29 heavy (non-hydrogen) atoms. The molecule has 0 aromatic heterocycles. The number of halogens is 2. The fraction of sp³-hybridized carbons (Fsp3) is 0.650. The summed E-state index contributed by atoms with van der Waals surface area (Å²) < 4.78 is 35.4. The highest BCUT2D eigenvalue weighted by molar-refractivity contribution is 7.99. The average Bonchev–Trinajstić information content (AvgIpc) is 3.21. The summed E-state index contributed by atoms with van der Waals surface area (Å²) in [7, 11) is 0. The van der Waals surface area contributed by atoms with Gasteiger partial charge in [0, 0.05) is 43.0 Å². The molecule has 2 saturated heterocycles. The fourth-order valence-corrected chi connectivity index (χ4v) is 5.21. The highest BCUT2D eigenvalue weighted by atomic mass is 32.2. The number of morpholine rings is 1. The normalized spacial score (nSPS) is 23.4. The van der Waals surface area contributed by atoms with Crippen LogP contribution < -0.4 is 15.4 Å². The maximum absolute atomic E-state index is 12.6. The van der Waals surface area contributed by atoms with E-state index in [4.69, 9.17) is 4.74 Å².